The minimum atomic E-state index is 0.739. The standard InChI is InChI=1S/C15H30N2/c1-13(15-6-4-2-3-5-7-15)17-12-14-8-10-16-11-9-14/h13-17H,2-12H2,1H3/t13-/m1/s1. The zero-order valence-electron chi connectivity index (χ0n) is 11.5. The second kappa shape index (κ2) is 7.38. The summed E-state index contributed by atoms with van der Waals surface area (Å²) in [5, 5.41) is 7.27. The van der Waals surface area contributed by atoms with Gasteiger partial charge in [-0.15, -0.1) is 0 Å². The molecule has 1 saturated carbocycles. The number of hydrogen-bond donors (Lipinski definition) is 2. The number of nitrogens with one attached hydrogen (secondary N) is 2. The predicted octanol–water partition coefficient (Wildman–Crippen LogP) is 2.93. The van der Waals surface area contributed by atoms with Crippen LogP contribution in [0.4, 0.5) is 0 Å². The smallest absolute Gasteiger partial charge is 0.00671 e. The molecule has 0 spiro atoms. The van der Waals surface area contributed by atoms with Crippen molar-refractivity contribution in [2.75, 3.05) is 19.6 Å². The molecule has 1 saturated heterocycles. The summed E-state index contributed by atoms with van der Waals surface area (Å²) in [5.41, 5.74) is 0. The van der Waals surface area contributed by atoms with Gasteiger partial charge in [0.1, 0.15) is 0 Å². The SMILES string of the molecule is C[C@@H](NCC1CCNCC1)C1CCCCCC1. The average molecular weight is 238 g/mol. The molecule has 2 fully saturated rings. The van der Waals surface area contributed by atoms with Crippen LogP contribution >= 0.6 is 0 Å². The molecule has 0 aromatic rings. The largest absolute Gasteiger partial charge is 0.317 e. The van der Waals surface area contributed by atoms with Crippen molar-refractivity contribution in [1.82, 2.24) is 10.6 Å². The third-order valence-corrected chi connectivity index (χ3v) is 4.79. The van der Waals surface area contributed by atoms with Gasteiger partial charge in [0.25, 0.3) is 0 Å². The quantitative estimate of drug-likeness (QED) is 0.736. The lowest BCUT2D eigenvalue weighted by molar-refractivity contribution is 0.292. The number of piperidine rings is 1. The lowest BCUT2D eigenvalue weighted by Gasteiger charge is -2.28. The second-order valence-corrected chi connectivity index (χ2v) is 6.14. The van der Waals surface area contributed by atoms with Crippen molar-refractivity contribution in [2.45, 2.75) is 64.3 Å². The summed E-state index contributed by atoms with van der Waals surface area (Å²) in [4.78, 5) is 0. The molecule has 0 radical (unpaired) electrons. The zero-order valence-corrected chi connectivity index (χ0v) is 11.5. The van der Waals surface area contributed by atoms with Crippen molar-refractivity contribution >= 4 is 0 Å². The van der Waals surface area contributed by atoms with Gasteiger partial charge in [-0.1, -0.05) is 25.7 Å². The molecule has 2 nitrogen and oxygen atoms in total. The normalized spacial score (nSPS) is 26.6. The highest BCUT2D eigenvalue weighted by Gasteiger charge is 2.20. The maximum Gasteiger partial charge on any atom is 0.00671 e. The highest BCUT2D eigenvalue weighted by atomic mass is 14.9. The summed E-state index contributed by atoms with van der Waals surface area (Å²) < 4.78 is 0. The van der Waals surface area contributed by atoms with E-state index >= 15 is 0 Å². The summed E-state index contributed by atoms with van der Waals surface area (Å²) in [6.07, 6.45) is 11.5. The molecule has 1 heterocycles. The van der Waals surface area contributed by atoms with Crippen molar-refractivity contribution in [3.05, 3.63) is 0 Å². The Morgan fingerprint density at radius 2 is 1.65 bits per heavy atom. The Balaban J connectivity index is 1.66. The van der Waals surface area contributed by atoms with Crippen molar-refractivity contribution in [3.63, 3.8) is 0 Å². The van der Waals surface area contributed by atoms with E-state index in [2.05, 4.69) is 17.6 Å². The number of rotatable bonds is 4. The zero-order chi connectivity index (χ0) is 11.9. The molecule has 1 aliphatic heterocycles. The van der Waals surface area contributed by atoms with E-state index in [9.17, 15) is 0 Å². The van der Waals surface area contributed by atoms with Gasteiger partial charge in [-0.2, -0.15) is 0 Å². The molecular formula is C15H30N2. The third kappa shape index (κ3) is 4.59. The molecule has 0 unspecified atom stereocenters. The molecule has 2 heteroatoms. The Morgan fingerprint density at radius 3 is 2.29 bits per heavy atom. The molecule has 2 N–H and O–H groups in total. The third-order valence-electron chi connectivity index (χ3n) is 4.79. The van der Waals surface area contributed by atoms with Gasteiger partial charge >= 0.3 is 0 Å². The monoisotopic (exact) mass is 238 g/mol. The Hall–Kier alpha value is -0.0800. The van der Waals surface area contributed by atoms with Crippen LogP contribution in [0.15, 0.2) is 0 Å². The molecule has 100 valence electrons. The van der Waals surface area contributed by atoms with Crippen LogP contribution in [-0.4, -0.2) is 25.7 Å². The molecule has 0 bridgehead atoms. The Morgan fingerprint density at radius 1 is 1.00 bits per heavy atom. The first-order valence-electron chi connectivity index (χ1n) is 7.80. The van der Waals surface area contributed by atoms with E-state index in [1.807, 2.05) is 0 Å². The van der Waals surface area contributed by atoms with Crippen LogP contribution in [0.1, 0.15) is 58.3 Å². The van der Waals surface area contributed by atoms with Crippen molar-refractivity contribution in [2.24, 2.45) is 11.8 Å². The Bertz CT molecular complexity index is 191. The average Bonchev–Trinajstić information content (AvgIpc) is 2.66. The lowest BCUT2D eigenvalue weighted by atomic mass is 9.91. The van der Waals surface area contributed by atoms with E-state index in [-0.39, 0.29) is 0 Å². The summed E-state index contributed by atoms with van der Waals surface area (Å²) in [6.45, 7) is 6.12. The van der Waals surface area contributed by atoms with Crippen molar-refractivity contribution < 1.29 is 0 Å². The fourth-order valence-electron chi connectivity index (χ4n) is 3.42. The van der Waals surface area contributed by atoms with Crippen LogP contribution in [-0.2, 0) is 0 Å². The molecular weight excluding hydrogens is 208 g/mol. The summed E-state index contributed by atoms with van der Waals surface area (Å²) >= 11 is 0. The lowest BCUT2D eigenvalue weighted by Crippen LogP contribution is -2.39. The molecule has 0 amide bonds. The highest BCUT2D eigenvalue weighted by Crippen LogP contribution is 2.25. The van der Waals surface area contributed by atoms with Gasteiger partial charge in [0.15, 0.2) is 0 Å². The van der Waals surface area contributed by atoms with Crippen LogP contribution < -0.4 is 10.6 Å². The molecule has 1 aliphatic carbocycles. The maximum atomic E-state index is 3.82. The minimum absolute atomic E-state index is 0.739. The fraction of sp³-hybridized carbons (Fsp3) is 1.00. The van der Waals surface area contributed by atoms with E-state index in [1.165, 1.54) is 71.0 Å². The van der Waals surface area contributed by atoms with Crippen molar-refractivity contribution in [1.29, 1.82) is 0 Å². The van der Waals surface area contributed by atoms with E-state index in [0.29, 0.717) is 0 Å². The fourth-order valence-corrected chi connectivity index (χ4v) is 3.42. The van der Waals surface area contributed by atoms with E-state index in [0.717, 1.165) is 17.9 Å². The first-order chi connectivity index (χ1) is 8.36. The van der Waals surface area contributed by atoms with E-state index < -0.39 is 0 Å². The summed E-state index contributed by atoms with van der Waals surface area (Å²) in [7, 11) is 0. The van der Waals surface area contributed by atoms with E-state index in [4.69, 9.17) is 0 Å². The second-order valence-electron chi connectivity index (χ2n) is 6.14. The molecule has 0 aromatic heterocycles. The van der Waals surface area contributed by atoms with Gasteiger partial charge in [0.2, 0.25) is 0 Å². The minimum Gasteiger partial charge on any atom is -0.317 e. The van der Waals surface area contributed by atoms with Crippen LogP contribution in [0.25, 0.3) is 0 Å². The van der Waals surface area contributed by atoms with Gasteiger partial charge in [-0.05, 0) is 64.1 Å². The van der Waals surface area contributed by atoms with Gasteiger partial charge in [0.05, 0.1) is 0 Å². The van der Waals surface area contributed by atoms with Crippen LogP contribution in [0.2, 0.25) is 0 Å². The van der Waals surface area contributed by atoms with Crippen LogP contribution in [0, 0.1) is 11.8 Å². The van der Waals surface area contributed by atoms with Crippen molar-refractivity contribution in [3.8, 4) is 0 Å². The molecule has 1 atom stereocenters. The van der Waals surface area contributed by atoms with Gasteiger partial charge in [-0.3, -0.25) is 0 Å². The Kier molecular flexibility index (Phi) is 5.79. The first-order valence-corrected chi connectivity index (χ1v) is 7.80. The van der Waals surface area contributed by atoms with Crippen LogP contribution in [0.3, 0.4) is 0 Å². The predicted molar refractivity (Wildman–Crippen MR) is 74.3 cm³/mol. The van der Waals surface area contributed by atoms with Gasteiger partial charge < -0.3 is 10.6 Å². The number of hydrogen-bond acceptors (Lipinski definition) is 2. The van der Waals surface area contributed by atoms with Gasteiger partial charge in [-0.25, -0.2) is 0 Å². The molecule has 2 rings (SSSR count). The first kappa shape index (κ1) is 13.4. The molecule has 0 aromatic carbocycles. The highest BCUT2D eigenvalue weighted by molar-refractivity contribution is 4.77. The van der Waals surface area contributed by atoms with Crippen LogP contribution in [0.5, 0.6) is 0 Å². The topological polar surface area (TPSA) is 24.1 Å². The Labute approximate surface area is 107 Å². The molecule has 17 heavy (non-hydrogen) atoms. The van der Waals surface area contributed by atoms with Gasteiger partial charge in [0, 0.05) is 6.04 Å². The summed E-state index contributed by atoms with van der Waals surface area (Å²) in [6, 6.07) is 0.739. The maximum absolute atomic E-state index is 3.82. The molecule has 2 aliphatic rings. The van der Waals surface area contributed by atoms with E-state index in [1.54, 1.807) is 0 Å². The summed E-state index contributed by atoms with van der Waals surface area (Å²) in [5.74, 6) is 1.86.